The van der Waals surface area contributed by atoms with Crippen molar-refractivity contribution < 1.29 is 9.59 Å². The van der Waals surface area contributed by atoms with E-state index in [0.29, 0.717) is 22.3 Å². The van der Waals surface area contributed by atoms with Crippen LogP contribution in [0.5, 0.6) is 0 Å². The van der Waals surface area contributed by atoms with Crippen LogP contribution in [0.2, 0.25) is 5.02 Å². The molecule has 2 N–H and O–H groups in total. The van der Waals surface area contributed by atoms with Crippen LogP contribution in [-0.4, -0.2) is 11.8 Å². The number of amides is 2. The maximum atomic E-state index is 12.2. The molecule has 5 heteroatoms. The number of nitrogens with one attached hydrogen (secondary N) is 2. The Hall–Kier alpha value is -2.59. The molecule has 0 aliphatic heterocycles. The number of hydrogen-bond acceptors (Lipinski definition) is 2. The first-order chi connectivity index (χ1) is 11.9. The third-order valence-corrected chi connectivity index (χ3v) is 4.02. The van der Waals surface area contributed by atoms with Gasteiger partial charge in [-0.2, -0.15) is 0 Å². The predicted molar refractivity (Wildman–Crippen MR) is 103 cm³/mol. The Labute approximate surface area is 152 Å². The topological polar surface area (TPSA) is 58.2 Å². The Kier molecular flexibility index (Phi) is 6.37. The SMILES string of the molecule is C=CC(=O)Nc1ccc(CC(=O)Nc2ccc(C(C)C)cc2Cl)cc1. The minimum Gasteiger partial charge on any atom is -0.324 e. The van der Waals surface area contributed by atoms with Crippen molar-refractivity contribution in [2.75, 3.05) is 10.6 Å². The van der Waals surface area contributed by atoms with Crippen LogP contribution in [0, 0.1) is 0 Å². The molecule has 0 aliphatic rings. The molecular weight excluding hydrogens is 336 g/mol. The largest absolute Gasteiger partial charge is 0.324 e. The Balaban J connectivity index is 1.98. The number of hydrogen-bond donors (Lipinski definition) is 2. The third-order valence-electron chi connectivity index (χ3n) is 3.71. The molecule has 0 unspecified atom stereocenters. The highest BCUT2D eigenvalue weighted by atomic mass is 35.5. The zero-order chi connectivity index (χ0) is 18.4. The van der Waals surface area contributed by atoms with Crippen LogP contribution in [0.1, 0.15) is 30.9 Å². The van der Waals surface area contributed by atoms with Gasteiger partial charge in [0, 0.05) is 5.69 Å². The summed E-state index contributed by atoms with van der Waals surface area (Å²) in [7, 11) is 0. The number of halogens is 1. The molecule has 0 heterocycles. The average molecular weight is 357 g/mol. The average Bonchev–Trinajstić information content (AvgIpc) is 2.58. The molecule has 0 bridgehead atoms. The first-order valence-electron chi connectivity index (χ1n) is 8.00. The van der Waals surface area contributed by atoms with Crippen LogP contribution in [0.4, 0.5) is 11.4 Å². The first-order valence-corrected chi connectivity index (χ1v) is 8.38. The van der Waals surface area contributed by atoms with Crippen LogP contribution in [0.15, 0.2) is 55.1 Å². The second-order valence-corrected chi connectivity index (χ2v) is 6.42. The lowest BCUT2D eigenvalue weighted by Crippen LogP contribution is -2.15. The standard InChI is InChI=1S/C20H21ClN2O2/c1-4-19(24)22-16-8-5-14(6-9-16)11-20(25)23-18-10-7-15(13(2)3)12-17(18)21/h4-10,12-13H,1,11H2,2-3H3,(H,22,24)(H,23,25). The van der Waals surface area contributed by atoms with Crippen LogP contribution in [0.3, 0.4) is 0 Å². The van der Waals surface area contributed by atoms with Gasteiger partial charge in [-0.15, -0.1) is 0 Å². The maximum Gasteiger partial charge on any atom is 0.247 e. The van der Waals surface area contributed by atoms with Crippen LogP contribution < -0.4 is 10.6 Å². The van der Waals surface area contributed by atoms with Gasteiger partial charge in [0.05, 0.1) is 17.1 Å². The molecule has 0 fully saturated rings. The number of benzene rings is 2. The van der Waals surface area contributed by atoms with E-state index in [0.717, 1.165) is 11.1 Å². The van der Waals surface area contributed by atoms with Crippen molar-refractivity contribution >= 4 is 34.8 Å². The minimum absolute atomic E-state index is 0.151. The highest BCUT2D eigenvalue weighted by Crippen LogP contribution is 2.26. The van der Waals surface area contributed by atoms with E-state index in [2.05, 4.69) is 31.1 Å². The van der Waals surface area contributed by atoms with Gasteiger partial charge < -0.3 is 10.6 Å². The van der Waals surface area contributed by atoms with E-state index >= 15 is 0 Å². The van der Waals surface area contributed by atoms with Gasteiger partial charge >= 0.3 is 0 Å². The van der Waals surface area contributed by atoms with Gasteiger partial charge in [-0.1, -0.05) is 50.2 Å². The smallest absolute Gasteiger partial charge is 0.247 e. The van der Waals surface area contributed by atoms with Gasteiger partial charge in [0.15, 0.2) is 0 Å². The predicted octanol–water partition coefficient (Wildman–Crippen LogP) is 4.77. The van der Waals surface area contributed by atoms with Gasteiger partial charge in [0.1, 0.15) is 0 Å². The summed E-state index contributed by atoms with van der Waals surface area (Å²) in [6.07, 6.45) is 1.42. The molecule has 2 aromatic carbocycles. The van der Waals surface area contributed by atoms with Gasteiger partial charge in [-0.3, -0.25) is 9.59 Å². The van der Waals surface area contributed by atoms with E-state index in [1.165, 1.54) is 6.08 Å². The Morgan fingerprint density at radius 3 is 2.36 bits per heavy atom. The fourth-order valence-electron chi connectivity index (χ4n) is 2.27. The molecule has 0 atom stereocenters. The number of anilines is 2. The molecule has 0 radical (unpaired) electrons. The van der Waals surface area contributed by atoms with Crippen LogP contribution >= 0.6 is 11.6 Å². The summed E-state index contributed by atoms with van der Waals surface area (Å²) in [4.78, 5) is 23.4. The lowest BCUT2D eigenvalue weighted by atomic mass is 10.0. The fraction of sp³-hybridized carbons (Fsp3) is 0.200. The molecule has 0 saturated heterocycles. The molecule has 0 aromatic heterocycles. The van der Waals surface area contributed by atoms with E-state index in [-0.39, 0.29) is 18.2 Å². The lowest BCUT2D eigenvalue weighted by molar-refractivity contribution is -0.115. The molecule has 2 rings (SSSR count). The molecule has 2 amide bonds. The second-order valence-electron chi connectivity index (χ2n) is 6.01. The summed E-state index contributed by atoms with van der Waals surface area (Å²) in [6, 6.07) is 12.7. The summed E-state index contributed by atoms with van der Waals surface area (Å²) in [6.45, 7) is 7.58. The monoisotopic (exact) mass is 356 g/mol. The molecular formula is C20H21ClN2O2. The zero-order valence-electron chi connectivity index (χ0n) is 14.3. The van der Waals surface area contributed by atoms with Crippen molar-refractivity contribution in [3.05, 3.63) is 71.3 Å². The van der Waals surface area contributed by atoms with Crippen LogP contribution in [-0.2, 0) is 16.0 Å². The number of carbonyl (C=O) groups excluding carboxylic acids is 2. The fourth-order valence-corrected chi connectivity index (χ4v) is 2.51. The highest BCUT2D eigenvalue weighted by molar-refractivity contribution is 6.33. The van der Waals surface area contributed by atoms with Gasteiger partial charge in [0.2, 0.25) is 11.8 Å². The highest BCUT2D eigenvalue weighted by Gasteiger charge is 2.09. The summed E-state index contributed by atoms with van der Waals surface area (Å²) < 4.78 is 0. The molecule has 4 nitrogen and oxygen atoms in total. The van der Waals surface area contributed by atoms with Crippen molar-refractivity contribution in [1.82, 2.24) is 0 Å². The van der Waals surface area contributed by atoms with Crippen LogP contribution in [0.25, 0.3) is 0 Å². The van der Waals surface area contributed by atoms with E-state index in [9.17, 15) is 9.59 Å². The van der Waals surface area contributed by atoms with E-state index in [1.54, 1.807) is 24.3 Å². The van der Waals surface area contributed by atoms with Gasteiger partial charge in [-0.25, -0.2) is 0 Å². The third kappa shape index (κ3) is 5.47. The molecule has 0 saturated carbocycles. The molecule has 0 spiro atoms. The van der Waals surface area contributed by atoms with E-state index < -0.39 is 0 Å². The summed E-state index contributed by atoms with van der Waals surface area (Å²) >= 11 is 6.24. The van der Waals surface area contributed by atoms with Crippen molar-refractivity contribution in [1.29, 1.82) is 0 Å². The van der Waals surface area contributed by atoms with E-state index in [1.807, 2.05) is 18.2 Å². The second kappa shape index (κ2) is 8.49. The Bertz CT molecular complexity index is 783. The quantitative estimate of drug-likeness (QED) is 0.732. The van der Waals surface area contributed by atoms with Crippen molar-refractivity contribution in [3.8, 4) is 0 Å². The van der Waals surface area contributed by atoms with Crippen molar-refractivity contribution in [2.45, 2.75) is 26.2 Å². The normalized spacial score (nSPS) is 10.4. The van der Waals surface area contributed by atoms with Crippen molar-refractivity contribution in [2.24, 2.45) is 0 Å². The number of rotatable bonds is 6. The summed E-state index contributed by atoms with van der Waals surface area (Å²) in [5.41, 5.74) is 3.22. The maximum absolute atomic E-state index is 12.2. The lowest BCUT2D eigenvalue weighted by Gasteiger charge is -2.11. The summed E-state index contributed by atoms with van der Waals surface area (Å²) in [5.74, 6) is -0.0469. The van der Waals surface area contributed by atoms with Gasteiger partial charge in [-0.05, 0) is 47.4 Å². The molecule has 2 aromatic rings. The van der Waals surface area contributed by atoms with E-state index in [4.69, 9.17) is 11.6 Å². The Morgan fingerprint density at radius 1 is 1.12 bits per heavy atom. The summed E-state index contributed by atoms with van der Waals surface area (Å²) in [5, 5.41) is 6.02. The van der Waals surface area contributed by atoms with Gasteiger partial charge in [0.25, 0.3) is 0 Å². The molecule has 130 valence electrons. The van der Waals surface area contributed by atoms with Crippen molar-refractivity contribution in [3.63, 3.8) is 0 Å². The Morgan fingerprint density at radius 2 is 1.80 bits per heavy atom. The minimum atomic E-state index is -0.273. The number of carbonyl (C=O) groups is 2. The molecule has 25 heavy (non-hydrogen) atoms. The molecule has 0 aliphatic carbocycles. The first kappa shape index (κ1) is 18.7. The zero-order valence-corrected chi connectivity index (χ0v) is 15.1.